The Kier molecular flexibility index (Phi) is 8.66. The number of anilines is 1. The van der Waals surface area contributed by atoms with Crippen LogP contribution in [0.3, 0.4) is 0 Å². The van der Waals surface area contributed by atoms with Crippen molar-refractivity contribution in [2.24, 2.45) is 11.3 Å². The summed E-state index contributed by atoms with van der Waals surface area (Å²) >= 11 is 0. The van der Waals surface area contributed by atoms with Crippen LogP contribution in [0.15, 0.2) is 24.5 Å². The molecule has 0 radical (unpaired) electrons. The number of ether oxygens (including phenoxy) is 1. The first kappa shape index (κ1) is 32.5. The second kappa shape index (κ2) is 12.3. The van der Waals surface area contributed by atoms with Crippen LogP contribution in [0.4, 0.5) is 19.0 Å². The molecule has 1 N–H and O–H groups in total. The molecule has 3 aliphatic heterocycles. The van der Waals surface area contributed by atoms with Crippen molar-refractivity contribution in [3.63, 3.8) is 0 Å². The number of halogens is 3. The second-order valence-corrected chi connectivity index (χ2v) is 14.4. The number of nitrogens with one attached hydrogen (secondary N) is 1. The molecule has 13 heteroatoms. The summed E-state index contributed by atoms with van der Waals surface area (Å²) in [6.07, 6.45) is 6.00. The fourth-order valence-corrected chi connectivity index (χ4v) is 8.01. The van der Waals surface area contributed by atoms with Crippen molar-refractivity contribution in [1.29, 1.82) is 0 Å². The van der Waals surface area contributed by atoms with Gasteiger partial charge in [-0.05, 0) is 103 Å². The minimum absolute atomic E-state index is 0.0899. The van der Waals surface area contributed by atoms with Gasteiger partial charge in [0.05, 0.1) is 5.56 Å². The van der Waals surface area contributed by atoms with Crippen molar-refractivity contribution >= 4 is 17.6 Å². The number of likely N-dealkylation sites (tertiary alicyclic amines) is 1. The van der Waals surface area contributed by atoms with Gasteiger partial charge in [0.1, 0.15) is 17.9 Å². The van der Waals surface area contributed by atoms with Crippen molar-refractivity contribution in [2.75, 3.05) is 37.6 Å². The van der Waals surface area contributed by atoms with Crippen molar-refractivity contribution < 1.29 is 27.5 Å². The fourth-order valence-electron chi connectivity index (χ4n) is 8.01. The molecule has 250 valence electrons. The molecule has 1 aliphatic carbocycles. The Hall–Kier alpha value is -3.48. The zero-order valence-corrected chi connectivity index (χ0v) is 27.1. The number of amides is 2. The predicted molar refractivity (Wildman–Crippen MR) is 165 cm³/mol. The molecule has 0 unspecified atom stereocenters. The normalized spacial score (nSPS) is 25.6. The first-order valence-corrected chi connectivity index (χ1v) is 16.4. The van der Waals surface area contributed by atoms with Gasteiger partial charge in [-0.3, -0.25) is 9.59 Å². The summed E-state index contributed by atoms with van der Waals surface area (Å²) in [7, 11) is 0. The number of rotatable bonds is 8. The topological polar surface area (TPSA) is 104 Å². The molecule has 3 saturated heterocycles. The average Bonchev–Trinajstić information content (AvgIpc) is 3.21. The highest BCUT2D eigenvalue weighted by molar-refractivity contribution is 5.97. The fraction of sp³-hybridized carbons (Fsp3) is 0.667. The van der Waals surface area contributed by atoms with E-state index in [4.69, 9.17) is 4.74 Å². The summed E-state index contributed by atoms with van der Waals surface area (Å²) in [5.74, 6) is -3.87. The highest BCUT2D eigenvalue weighted by Gasteiger charge is 2.56. The molecular weight excluding hydrogens is 599 g/mol. The molecular formula is C33H44F3N7O3. The molecule has 6 rings (SSSR count). The average molecular weight is 644 g/mol. The number of nitrogens with zero attached hydrogens (tertiary/aromatic N) is 6. The highest BCUT2D eigenvalue weighted by Crippen LogP contribution is 2.46. The Morgan fingerprint density at radius 2 is 1.76 bits per heavy atom. The predicted octanol–water partition coefficient (Wildman–Crippen LogP) is 5.05. The van der Waals surface area contributed by atoms with E-state index in [-0.39, 0.29) is 47.0 Å². The van der Waals surface area contributed by atoms with Crippen LogP contribution in [-0.2, 0) is 4.79 Å². The Balaban J connectivity index is 1.04. The zero-order chi connectivity index (χ0) is 32.9. The molecule has 1 aromatic heterocycles. The summed E-state index contributed by atoms with van der Waals surface area (Å²) in [5.41, 5.74) is -0.459. The summed E-state index contributed by atoms with van der Waals surface area (Å²) in [6.45, 7) is 12.2. The molecule has 4 fully saturated rings. The van der Waals surface area contributed by atoms with Crippen LogP contribution >= 0.6 is 0 Å². The third-order valence-corrected chi connectivity index (χ3v) is 10.4. The number of hydrogen-bond donors (Lipinski definition) is 1. The van der Waals surface area contributed by atoms with E-state index in [1.54, 1.807) is 4.90 Å². The molecule has 0 atom stereocenters. The van der Waals surface area contributed by atoms with Crippen LogP contribution in [-0.4, -0.2) is 93.1 Å². The van der Waals surface area contributed by atoms with E-state index in [9.17, 15) is 22.8 Å². The van der Waals surface area contributed by atoms with Crippen LogP contribution in [0.1, 0.15) is 83.0 Å². The molecule has 4 heterocycles. The molecule has 46 heavy (non-hydrogen) atoms. The van der Waals surface area contributed by atoms with E-state index in [1.165, 1.54) is 24.5 Å². The maximum absolute atomic E-state index is 14.3. The van der Waals surface area contributed by atoms with Gasteiger partial charge in [-0.15, -0.1) is 10.2 Å². The number of aromatic nitrogens is 3. The van der Waals surface area contributed by atoms with Crippen LogP contribution < -0.4 is 15.0 Å². The number of carbonyl (C=O) groups excluding carboxylic acids is 2. The van der Waals surface area contributed by atoms with Gasteiger partial charge in [0.15, 0.2) is 5.82 Å². The monoisotopic (exact) mass is 643 g/mol. The van der Waals surface area contributed by atoms with Crippen LogP contribution in [0.5, 0.6) is 11.6 Å². The Morgan fingerprint density at radius 1 is 1.09 bits per heavy atom. The Labute approximate surface area is 268 Å². The minimum atomic E-state index is -3.24. The first-order valence-electron chi connectivity index (χ1n) is 16.4. The molecule has 2 amide bonds. The number of alkyl halides is 2. The van der Waals surface area contributed by atoms with E-state index in [2.05, 4.69) is 30.3 Å². The third kappa shape index (κ3) is 6.39. The molecule has 10 nitrogen and oxygen atoms in total. The van der Waals surface area contributed by atoms with Gasteiger partial charge in [-0.1, -0.05) is 0 Å². The summed E-state index contributed by atoms with van der Waals surface area (Å²) in [5, 5.41) is 10.7. The van der Waals surface area contributed by atoms with Crippen molar-refractivity contribution in [1.82, 2.24) is 30.3 Å². The van der Waals surface area contributed by atoms with E-state index in [0.717, 1.165) is 58.4 Å². The zero-order valence-electron chi connectivity index (χ0n) is 27.1. The lowest BCUT2D eigenvalue weighted by atomic mass is 9.71. The van der Waals surface area contributed by atoms with E-state index >= 15 is 0 Å². The maximum atomic E-state index is 14.3. The largest absolute Gasteiger partial charge is 0.434 e. The lowest BCUT2D eigenvalue weighted by Crippen LogP contribution is -2.61. The van der Waals surface area contributed by atoms with Gasteiger partial charge >= 0.3 is 5.92 Å². The molecule has 1 saturated carbocycles. The summed E-state index contributed by atoms with van der Waals surface area (Å²) in [6, 6.07) is 3.72. The van der Waals surface area contributed by atoms with Gasteiger partial charge in [0.2, 0.25) is 0 Å². The lowest BCUT2D eigenvalue weighted by Gasteiger charge is -2.54. The van der Waals surface area contributed by atoms with Gasteiger partial charge in [0, 0.05) is 49.1 Å². The number of benzene rings is 1. The van der Waals surface area contributed by atoms with Crippen molar-refractivity contribution in [3.8, 4) is 11.6 Å². The summed E-state index contributed by atoms with van der Waals surface area (Å²) in [4.78, 5) is 35.9. The minimum Gasteiger partial charge on any atom is -0.434 e. The van der Waals surface area contributed by atoms with Crippen LogP contribution in [0, 0.1) is 17.2 Å². The quantitative estimate of drug-likeness (QED) is 0.427. The molecule has 2 spiro atoms. The van der Waals surface area contributed by atoms with E-state index < -0.39 is 23.2 Å². The lowest BCUT2D eigenvalue weighted by molar-refractivity contribution is -0.139. The van der Waals surface area contributed by atoms with Gasteiger partial charge in [-0.2, -0.15) is 8.78 Å². The van der Waals surface area contributed by atoms with Crippen LogP contribution in [0.2, 0.25) is 0 Å². The molecule has 0 bridgehead atoms. The number of hydrogen-bond acceptors (Lipinski definition) is 8. The third-order valence-electron chi connectivity index (χ3n) is 10.4. The SMILES string of the molecule is CC(C)N(C(=O)c1cc(F)ccc1Oc1nncnc1N1CC2(CCN(C[C@H]3CC[C@]4(CC3)CC(F)(F)C(=O)N4)CC2)C1)C(C)C. The van der Waals surface area contributed by atoms with E-state index in [0.29, 0.717) is 24.6 Å². The van der Waals surface area contributed by atoms with Crippen LogP contribution in [0.25, 0.3) is 0 Å². The maximum Gasteiger partial charge on any atom is 0.326 e. The highest BCUT2D eigenvalue weighted by atomic mass is 19.3. The van der Waals surface area contributed by atoms with Gasteiger partial charge < -0.3 is 24.8 Å². The van der Waals surface area contributed by atoms with Crippen molar-refractivity contribution in [2.45, 2.75) is 96.2 Å². The van der Waals surface area contributed by atoms with Crippen molar-refractivity contribution in [3.05, 3.63) is 35.9 Å². The van der Waals surface area contributed by atoms with Gasteiger partial charge in [0.25, 0.3) is 17.7 Å². The Bertz CT molecular complexity index is 1440. The molecule has 2 aromatic rings. The smallest absolute Gasteiger partial charge is 0.326 e. The Morgan fingerprint density at radius 3 is 2.37 bits per heavy atom. The molecule has 1 aromatic carbocycles. The van der Waals surface area contributed by atoms with E-state index in [1.807, 2.05) is 27.7 Å². The number of piperidine rings is 1. The standard InChI is InChI=1S/C33H44F3N7O3/c1-21(2)43(22(3)4)29(44)25-15-24(34)5-6-26(25)46-28-27(37-20-38-40-28)42-18-31(19-42)11-13-41(14-12-31)16-23-7-9-32(10-8-23)17-33(35,36)30(45)39-32/h5-6,15,20-23H,7-14,16-19H2,1-4H3,(H,39,45)/t23-,32-. The summed E-state index contributed by atoms with van der Waals surface area (Å²) < 4.78 is 48.2. The first-order chi connectivity index (χ1) is 21.8. The second-order valence-electron chi connectivity index (χ2n) is 14.4. The van der Waals surface area contributed by atoms with Gasteiger partial charge in [-0.25, -0.2) is 9.37 Å². The number of carbonyl (C=O) groups is 2. The molecule has 4 aliphatic rings.